The molecule has 4 rings (SSSR count). The number of hydrogen-bond acceptors (Lipinski definition) is 7. The van der Waals surface area contributed by atoms with Crippen molar-refractivity contribution in [2.45, 2.75) is 45.1 Å². The van der Waals surface area contributed by atoms with E-state index in [1.165, 1.54) is 30.5 Å². The molecule has 4 aromatic rings. The summed E-state index contributed by atoms with van der Waals surface area (Å²) < 4.78 is 82.5. The highest BCUT2D eigenvalue weighted by Crippen LogP contribution is 2.45. The Morgan fingerprint density at radius 1 is 0.930 bits per heavy atom. The normalized spacial score (nSPS) is 11.8. The zero-order valence-corrected chi connectivity index (χ0v) is 24.6. The molecule has 0 aliphatic carbocycles. The molecule has 0 spiro atoms. The molecule has 0 saturated carbocycles. The lowest BCUT2D eigenvalue weighted by atomic mass is 10.0. The molecule has 0 unspecified atom stereocenters. The number of H-pyrrole nitrogens is 1. The predicted molar refractivity (Wildman–Crippen MR) is 154 cm³/mol. The number of nitriles is 1. The van der Waals surface area contributed by atoms with Gasteiger partial charge in [0.2, 0.25) is 0 Å². The lowest BCUT2D eigenvalue weighted by Crippen LogP contribution is -2.12. The number of aliphatic imine (C=N–C) groups is 1. The number of rotatable bonds is 10. The third kappa shape index (κ3) is 7.00. The van der Waals surface area contributed by atoms with Crippen molar-refractivity contribution in [2.24, 2.45) is 4.99 Å². The van der Waals surface area contributed by atoms with Crippen LogP contribution in [0.1, 0.15) is 64.0 Å². The molecule has 0 aliphatic rings. The van der Waals surface area contributed by atoms with Gasteiger partial charge in [0.1, 0.15) is 31.5 Å². The van der Waals surface area contributed by atoms with E-state index in [1.54, 1.807) is 13.0 Å². The minimum Gasteiger partial charge on any atom is -0.357 e. The summed E-state index contributed by atoms with van der Waals surface area (Å²) >= 11 is 1.62. The predicted octanol–water partition coefficient (Wildman–Crippen LogP) is 8.16. The maximum Gasteiger partial charge on any atom is 0.425 e. The molecule has 4 aromatic heterocycles. The number of anilines is 2. The van der Waals surface area contributed by atoms with Gasteiger partial charge in [-0.05, 0) is 61.4 Å². The van der Waals surface area contributed by atoms with Gasteiger partial charge in [0.05, 0.1) is 17.0 Å². The van der Waals surface area contributed by atoms with Crippen molar-refractivity contribution in [3.63, 3.8) is 0 Å². The zero-order valence-electron chi connectivity index (χ0n) is 22.1. The second kappa shape index (κ2) is 12.7. The summed E-state index contributed by atoms with van der Waals surface area (Å²) in [5.41, 5.74) is -0.235. The highest BCUT2D eigenvalue weighted by Gasteiger charge is 2.39. The monoisotopic (exact) mass is 657 g/mol. The van der Waals surface area contributed by atoms with Crippen LogP contribution < -0.4 is 10.6 Å². The highest BCUT2D eigenvalue weighted by atomic mass is 32.1. The Labute approximate surface area is 252 Å². The molecule has 0 fully saturated rings. The Bertz CT molecular complexity index is 1690. The lowest BCUT2D eigenvalue weighted by molar-refractivity contribution is -0.135. The molecule has 0 aromatic carbocycles. The molecule has 0 aliphatic heterocycles. The lowest BCUT2D eigenvalue weighted by Gasteiger charge is -2.07. The molecule has 0 radical (unpaired) electrons. The van der Waals surface area contributed by atoms with Crippen molar-refractivity contribution in [1.82, 2.24) is 4.98 Å². The quantitative estimate of drug-likeness (QED) is 0.118. The van der Waals surface area contributed by atoms with Gasteiger partial charge in [0, 0.05) is 16.6 Å². The van der Waals surface area contributed by atoms with E-state index in [9.17, 15) is 41.2 Å². The first-order valence-electron chi connectivity index (χ1n) is 12.4. The summed E-state index contributed by atoms with van der Waals surface area (Å²) in [4.78, 5) is 30.5. The van der Waals surface area contributed by atoms with Gasteiger partial charge in [-0.2, -0.15) is 31.6 Å². The van der Waals surface area contributed by atoms with Crippen LogP contribution in [-0.4, -0.2) is 23.5 Å². The maximum atomic E-state index is 13.9. The van der Waals surface area contributed by atoms with E-state index in [2.05, 4.69) is 27.3 Å². The van der Waals surface area contributed by atoms with Crippen molar-refractivity contribution in [3.05, 3.63) is 77.9 Å². The molecular formula is C27H21F6N5O2S3. The number of halogens is 6. The first-order chi connectivity index (χ1) is 20.3. The van der Waals surface area contributed by atoms with Crippen molar-refractivity contribution in [2.75, 3.05) is 10.6 Å². The second-order valence-electron chi connectivity index (χ2n) is 8.93. The molecule has 2 amide bonds. The van der Waals surface area contributed by atoms with Gasteiger partial charge in [-0.1, -0.05) is 6.92 Å². The minimum absolute atomic E-state index is 0.00259. The number of amides is 2. The van der Waals surface area contributed by atoms with Crippen LogP contribution in [0.15, 0.2) is 35.5 Å². The number of hydrogen-bond donors (Lipinski definition) is 3. The van der Waals surface area contributed by atoms with Gasteiger partial charge in [-0.3, -0.25) is 14.6 Å². The van der Waals surface area contributed by atoms with E-state index in [0.29, 0.717) is 16.2 Å². The van der Waals surface area contributed by atoms with Crippen molar-refractivity contribution >= 4 is 62.5 Å². The summed E-state index contributed by atoms with van der Waals surface area (Å²) in [6, 6.07) is 7.68. The van der Waals surface area contributed by atoms with Crippen LogP contribution >= 0.6 is 34.0 Å². The van der Waals surface area contributed by atoms with E-state index in [1.807, 2.05) is 0 Å². The number of alkyl halides is 6. The van der Waals surface area contributed by atoms with Gasteiger partial charge in [-0.15, -0.1) is 34.0 Å². The van der Waals surface area contributed by atoms with Gasteiger partial charge in [-0.25, -0.2) is 0 Å². The maximum absolute atomic E-state index is 13.9. The van der Waals surface area contributed by atoms with Gasteiger partial charge in [0.25, 0.3) is 11.8 Å². The average molecular weight is 658 g/mol. The number of nitrogens with one attached hydrogen (secondary N) is 3. The Morgan fingerprint density at radius 3 is 2.16 bits per heavy atom. The fraction of sp³-hybridized carbons (Fsp3) is 0.259. The van der Waals surface area contributed by atoms with Crippen LogP contribution in [-0.2, 0) is 38.2 Å². The van der Waals surface area contributed by atoms with Gasteiger partial charge >= 0.3 is 12.4 Å². The first kappa shape index (κ1) is 32.0. The summed E-state index contributed by atoms with van der Waals surface area (Å²) in [7, 11) is 0. The molecule has 43 heavy (non-hydrogen) atoms. The first-order valence-corrected chi connectivity index (χ1v) is 14.8. The molecule has 0 bridgehead atoms. The molecule has 7 nitrogen and oxygen atoms in total. The van der Waals surface area contributed by atoms with Crippen molar-refractivity contribution in [1.29, 1.82) is 5.26 Å². The number of thiophene rings is 3. The number of carbonyl (C=O) groups is 2. The zero-order chi connectivity index (χ0) is 31.5. The topological polar surface area (TPSA) is 110 Å². The minimum atomic E-state index is -4.78. The Kier molecular flexibility index (Phi) is 9.47. The van der Waals surface area contributed by atoms with E-state index < -0.39 is 33.9 Å². The molecule has 16 heteroatoms. The number of carbonyl (C=O) groups excluding carboxylic acids is 2. The van der Waals surface area contributed by atoms with Crippen molar-refractivity contribution in [3.8, 4) is 6.07 Å². The fourth-order valence-corrected chi connectivity index (χ4v) is 7.44. The van der Waals surface area contributed by atoms with Gasteiger partial charge < -0.3 is 15.6 Å². The van der Waals surface area contributed by atoms with Crippen LogP contribution in [0.2, 0.25) is 0 Å². The van der Waals surface area contributed by atoms with E-state index >= 15 is 0 Å². The second-order valence-corrected chi connectivity index (χ2v) is 12.1. The van der Waals surface area contributed by atoms with Crippen LogP contribution in [0.4, 0.5) is 36.3 Å². The SMILES string of the molecule is C=NCc1c(NC(=O)c2ccc(CCc3c(C(F)(F)F)sc(NC(=O)c4ccc[nH]4)c3C#N)s2)sc(C(F)(F)F)c1CC. The number of aryl methyl sites for hydroxylation is 1. The summed E-state index contributed by atoms with van der Waals surface area (Å²) in [6.45, 7) is 4.78. The summed E-state index contributed by atoms with van der Waals surface area (Å²) in [5, 5.41) is 14.3. The molecule has 4 heterocycles. The van der Waals surface area contributed by atoms with Crippen molar-refractivity contribution < 1.29 is 35.9 Å². The van der Waals surface area contributed by atoms with E-state index in [4.69, 9.17) is 0 Å². The fourth-order valence-electron chi connectivity index (χ4n) is 4.31. The Hall–Kier alpha value is -3.94. The standard InChI is InChI=1S/C27H21F6N5O2S3/c1-3-14-17(12-35-2)25(42-20(14)26(28,29)30)38-23(40)19-9-7-13(41-19)6-8-15-16(11-34)24(43-21(15)27(31,32)33)37-22(39)18-5-4-10-36-18/h4-5,7,9-10,36H,2-3,6,8,12H2,1H3,(H,37,39)(H,38,40). The number of nitrogens with zero attached hydrogens (tertiary/aromatic N) is 2. The Morgan fingerprint density at radius 2 is 1.58 bits per heavy atom. The molecule has 3 N–H and O–H groups in total. The third-order valence-electron chi connectivity index (χ3n) is 6.18. The molecule has 226 valence electrons. The van der Waals surface area contributed by atoms with Gasteiger partial charge in [0.15, 0.2) is 0 Å². The highest BCUT2D eigenvalue weighted by molar-refractivity contribution is 7.17. The molecular weight excluding hydrogens is 637 g/mol. The number of aromatic amines is 1. The van der Waals surface area contributed by atoms with Crippen LogP contribution in [0.3, 0.4) is 0 Å². The smallest absolute Gasteiger partial charge is 0.357 e. The average Bonchev–Trinajstić information content (AvgIpc) is 3.73. The third-order valence-corrected chi connectivity index (χ3v) is 9.75. The van der Waals surface area contributed by atoms with Crippen LogP contribution in [0.5, 0.6) is 0 Å². The number of aromatic nitrogens is 1. The summed E-state index contributed by atoms with van der Waals surface area (Å²) in [5.74, 6) is -1.39. The molecule has 0 atom stereocenters. The van der Waals surface area contributed by atoms with E-state index in [-0.39, 0.29) is 80.0 Å². The molecule has 0 saturated heterocycles. The van der Waals surface area contributed by atoms with E-state index in [0.717, 1.165) is 11.3 Å². The largest absolute Gasteiger partial charge is 0.425 e. The van der Waals surface area contributed by atoms with Crippen LogP contribution in [0, 0.1) is 11.3 Å². The van der Waals surface area contributed by atoms with Crippen LogP contribution in [0.25, 0.3) is 0 Å². The summed E-state index contributed by atoms with van der Waals surface area (Å²) in [6.07, 6.45) is -8.06. The Balaban J connectivity index is 1.55.